The molecule has 12 heteroatoms. The summed E-state index contributed by atoms with van der Waals surface area (Å²) in [6.07, 6.45) is 0. The first-order valence-electron chi connectivity index (χ1n) is 6.79. The van der Waals surface area contributed by atoms with Gasteiger partial charge in [-0.1, -0.05) is 0 Å². The maximum atomic E-state index is 10.7. The van der Waals surface area contributed by atoms with Crippen molar-refractivity contribution in [3.63, 3.8) is 0 Å². The van der Waals surface area contributed by atoms with Crippen LogP contribution in [0.2, 0.25) is 0 Å². The van der Waals surface area contributed by atoms with E-state index in [1.807, 2.05) is 0 Å². The molecule has 0 bridgehead atoms. The number of nitrogens with zero attached hydrogens (tertiary/aromatic N) is 7. The Morgan fingerprint density at radius 1 is 0.962 bits per heavy atom. The normalized spacial score (nSPS) is 9.81. The second-order valence-electron chi connectivity index (χ2n) is 4.76. The quantitative estimate of drug-likeness (QED) is 0.299. The SMILES string of the molecule is N#Cc1nn(-c2ccc([N+](=O)[O-])cc2)[n+](-c2ccc([N+](=O)[O-])cc2)n1.[Cl-]. The third-order valence-corrected chi connectivity index (χ3v) is 3.24. The van der Waals surface area contributed by atoms with Gasteiger partial charge in [-0.05, 0) is 29.1 Å². The first-order valence-corrected chi connectivity index (χ1v) is 6.79. The molecule has 1 aromatic heterocycles. The minimum atomic E-state index is -0.532. The number of nitriles is 1. The van der Waals surface area contributed by atoms with E-state index in [2.05, 4.69) is 10.2 Å². The minimum Gasteiger partial charge on any atom is -1.00 e. The fraction of sp³-hybridized carbons (Fsp3) is 0. The Bertz CT molecular complexity index is 934. The lowest BCUT2D eigenvalue weighted by Crippen LogP contribution is -3.00. The summed E-state index contributed by atoms with van der Waals surface area (Å²) in [5.41, 5.74) is 0.674. The number of nitro groups is 2. The number of hydrogen-bond donors (Lipinski definition) is 0. The molecule has 0 aliphatic rings. The van der Waals surface area contributed by atoms with E-state index < -0.39 is 9.85 Å². The van der Waals surface area contributed by atoms with Gasteiger partial charge in [0.1, 0.15) is 5.69 Å². The van der Waals surface area contributed by atoms with Gasteiger partial charge in [0.15, 0.2) is 11.8 Å². The highest BCUT2D eigenvalue weighted by Crippen LogP contribution is 2.15. The Morgan fingerprint density at radius 3 is 1.92 bits per heavy atom. The molecule has 26 heavy (non-hydrogen) atoms. The molecule has 2 aromatic carbocycles. The van der Waals surface area contributed by atoms with Gasteiger partial charge in [0, 0.05) is 34.2 Å². The zero-order valence-electron chi connectivity index (χ0n) is 12.8. The molecule has 0 saturated heterocycles. The predicted octanol–water partition coefficient (Wildman–Crippen LogP) is -1.76. The van der Waals surface area contributed by atoms with Crippen molar-refractivity contribution >= 4 is 11.4 Å². The average Bonchev–Trinajstić information content (AvgIpc) is 3.06. The Morgan fingerprint density at radius 2 is 1.46 bits per heavy atom. The van der Waals surface area contributed by atoms with Crippen LogP contribution in [0.5, 0.6) is 0 Å². The molecule has 0 saturated carbocycles. The number of nitro benzene ring substituents is 2. The van der Waals surface area contributed by atoms with Crippen molar-refractivity contribution in [3.05, 3.63) is 74.6 Å². The molecule has 11 nitrogen and oxygen atoms in total. The molecule has 0 fully saturated rings. The van der Waals surface area contributed by atoms with Crippen molar-refractivity contribution in [2.24, 2.45) is 0 Å². The highest BCUT2D eigenvalue weighted by Gasteiger charge is 2.23. The van der Waals surface area contributed by atoms with Gasteiger partial charge >= 0.3 is 5.82 Å². The number of rotatable bonds is 4. The summed E-state index contributed by atoms with van der Waals surface area (Å²) in [4.78, 5) is 23.0. The largest absolute Gasteiger partial charge is 1.00 e. The summed E-state index contributed by atoms with van der Waals surface area (Å²) >= 11 is 0. The molecule has 0 N–H and O–H groups in total. The molecule has 0 aliphatic heterocycles. The van der Waals surface area contributed by atoms with Crippen molar-refractivity contribution in [1.82, 2.24) is 15.0 Å². The van der Waals surface area contributed by atoms with E-state index >= 15 is 0 Å². The molecule has 0 spiro atoms. The lowest BCUT2D eigenvalue weighted by atomic mass is 10.3. The molecule has 0 atom stereocenters. The van der Waals surface area contributed by atoms with E-state index in [4.69, 9.17) is 5.26 Å². The van der Waals surface area contributed by atoms with Crippen LogP contribution < -0.4 is 17.2 Å². The zero-order valence-corrected chi connectivity index (χ0v) is 13.5. The fourth-order valence-electron chi connectivity index (χ4n) is 2.08. The number of aromatic nitrogens is 4. The highest BCUT2D eigenvalue weighted by atomic mass is 35.5. The lowest BCUT2D eigenvalue weighted by Gasteiger charge is -1.99. The van der Waals surface area contributed by atoms with Gasteiger partial charge in [-0.2, -0.15) is 5.26 Å². The van der Waals surface area contributed by atoms with E-state index in [1.165, 1.54) is 58.1 Å². The Hall–Kier alpha value is -3.91. The van der Waals surface area contributed by atoms with Crippen molar-refractivity contribution in [2.45, 2.75) is 0 Å². The molecular formula is C14H8ClN7O4. The monoisotopic (exact) mass is 373 g/mol. The number of non-ortho nitro benzene ring substituents is 2. The highest BCUT2D eigenvalue weighted by molar-refractivity contribution is 5.40. The Balaban J connectivity index is 0.00000243. The summed E-state index contributed by atoms with van der Waals surface area (Å²) in [5.74, 6) is -0.128. The topological polar surface area (TPSA) is 145 Å². The van der Waals surface area contributed by atoms with E-state index in [1.54, 1.807) is 6.07 Å². The summed E-state index contributed by atoms with van der Waals surface area (Å²) in [7, 11) is 0. The van der Waals surface area contributed by atoms with E-state index in [-0.39, 0.29) is 29.6 Å². The third-order valence-electron chi connectivity index (χ3n) is 3.24. The molecule has 0 amide bonds. The van der Waals surface area contributed by atoms with Crippen LogP contribution in [-0.4, -0.2) is 24.8 Å². The lowest BCUT2D eigenvalue weighted by molar-refractivity contribution is -0.735. The van der Waals surface area contributed by atoms with E-state index in [9.17, 15) is 20.2 Å². The average molecular weight is 374 g/mol. The summed E-state index contributed by atoms with van der Waals surface area (Å²) in [5, 5.41) is 38.5. The molecule has 0 unspecified atom stereocenters. The van der Waals surface area contributed by atoms with Crippen LogP contribution in [0, 0.1) is 31.6 Å². The fourth-order valence-corrected chi connectivity index (χ4v) is 2.08. The molecule has 0 radical (unpaired) electrons. The van der Waals surface area contributed by atoms with Crippen molar-refractivity contribution in [2.75, 3.05) is 0 Å². The van der Waals surface area contributed by atoms with Gasteiger partial charge in [0.05, 0.1) is 14.9 Å². The van der Waals surface area contributed by atoms with Gasteiger partial charge < -0.3 is 12.4 Å². The second kappa shape index (κ2) is 7.32. The molecule has 0 aliphatic carbocycles. The summed E-state index contributed by atoms with van der Waals surface area (Å²) in [6, 6.07) is 12.8. The second-order valence-corrected chi connectivity index (χ2v) is 4.76. The van der Waals surface area contributed by atoms with Crippen LogP contribution in [0.15, 0.2) is 48.5 Å². The van der Waals surface area contributed by atoms with Crippen molar-refractivity contribution < 1.29 is 27.1 Å². The van der Waals surface area contributed by atoms with Crippen LogP contribution >= 0.6 is 0 Å². The summed E-state index contributed by atoms with van der Waals surface area (Å²) in [6.45, 7) is 0. The van der Waals surface area contributed by atoms with E-state index in [0.29, 0.717) is 11.4 Å². The van der Waals surface area contributed by atoms with Gasteiger partial charge in [-0.25, -0.2) is 0 Å². The molecule has 3 aromatic rings. The van der Waals surface area contributed by atoms with Crippen LogP contribution in [0.1, 0.15) is 5.82 Å². The predicted molar refractivity (Wildman–Crippen MR) is 80.9 cm³/mol. The number of hydrogen-bond acceptors (Lipinski definition) is 7. The number of tetrazole rings is 1. The van der Waals surface area contributed by atoms with Crippen molar-refractivity contribution in [3.8, 4) is 17.4 Å². The molecule has 130 valence electrons. The first-order chi connectivity index (χ1) is 12.0. The molecule has 3 rings (SSSR count). The smallest absolute Gasteiger partial charge is 0.409 e. The standard InChI is InChI=1S/C14H8N7O4.ClH/c15-9-14-16-18(10-1-5-12(6-2-10)20(22)23)19(17-14)11-3-7-13(8-4-11)21(24)25;/h1-8H;1H/q+1;/p-1. The molecule has 1 heterocycles. The summed E-state index contributed by atoms with van der Waals surface area (Å²) < 4.78 is 0. The number of benzene rings is 2. The maximum absolute atomic E-state index is 10.7. The maximum Gasteiger partial charge on any atom is 0.409 e. The first kappa shape index (κ1) is 18.4. The van der Waals surface area contributed by atoms with Crippen molar-refractivity contribution in [1.29, 1.82) is 5.26 Å². The van der Waals surface area contributed by atoms with Gasteiger partial charge in [0.25, 0.3) is 11.4 Å². The number of halogens is 1. The minimum absolute atomic E-state index is 0. The van der Waals surface area contributed by atoms with E-state index in [0.717, 1.165) is 0 Å². The third kappa shape index (κ3) is 3.45. The van der Waals surface area contributed by atoms with Crippen LogP contribution in [0.25, 0.3) is 11.4 Å². The van der Waals surface area contributed by atoms with Gasteiger partial charge in [-0.3, -0.25) is 20.2 Å². The van der Waals surface area contributed by atoms with Crippen LogP contribution in [0.4, 0.5) is 11.4 Å². The zero-order chi connectivity index (χ0) is 18.0. The van der Waals surface area contributed by atoms with Crippen LogP contribution in [0.3, 0.4) is 0 Å². The van der Waals surface area contributed by atoms with Gasteiger partial charge in [0.2, 0.25) is 0 Å². The van der Waals surface area contributed by atoms with Crippen LogP contribution in [-0.2, 0) is 0 Å². The Labute approximate surface area is 151 Å². The Kier molecular flexibility index (Phi) is 5.19. The molecular weight excluding hydrogens is 366 g/mol. The van der Waals surface area contributed by atoms with Gasteiger partial charge in [-0.15, -0.1) is 0 Å².